The Morgan fingerprint density at radius 3 is 2.76 bits per heavy atom. The third-order valence-corrected chi connectivity index (χ3v) is 4.83. The summed E-state index contributed by atoms with van der Waals surface area (Å²) in [5, 5.41) is 16.6. The highest BCUT2D eigenvalue weighted by molar-refractivity contribution is 6.02. The van der Waals surface area contributed by atoms with Gasteiger partial charge in [0.25, 0.3) is 5.91 Å². The first-order valence-electron chi connectivity index (χ1n) is 9.26. The number of hydrogen-bond donors (Lipinski definition) is 3. The van der Waals surface area contributed by atoms with Crippen molar-refractivity contribution in [2.24, 2.45) is 5.73 Å². The van der Waals surface area contributed by atoms with E-state index >= 15 is 0 Å². The normalized spacial score (nSPS) is 13.3. The topological polar surface area (TPSA) is 102 Å². The predicted octanol–water partition coefficient (Wildman–Crippen LogP) is 2.11. The van der Waals surface area contributed by atoms with Gasteiger partial charge < -0.3 is 20.9 Å². The van der Waals surface area contributed by atoms with Gasteiger partial charge in [0.2, 0.25) is 0 Å². The first-order valence-corrected chi connectivity index (χ1v) is 9.26. The number of benzene rings is 1. The molecule has 1 amide bonds. The van der Waals surface area contributed by atoms with E-state index in [0.29, 0.717) is 28.1 Å². The minimum Gasteiger partial charge on any atom is -0.489 e. The molecule has 0 aliphatic rings. The van der Waals surface area contributed by atoms with Crippen molar-refractivity contribution in [3.63, 3.8) is 0 Å². The van der Waals surface area contributed by atoms with E-state index in [2.05, 4.69) is 10.4 Å². The van der Waals surface area contributed by atoms with Gasteiger partial charge in [0.1, 0.15) is 18.2 Å². The zero-order valence-electron chi connectivity index (χ0n) is 16.7. The highest BCUT2D eigenvalue weighted by Crippen LogP contribution is 2.22. The summed E-state index contributed by atoms with van der Waals surface area (Å²) < 4.78 is 21.3. The number of nitrogens with one attached hydrogen (secondary N) is 1. The van der Waals surface area contributed by atoms with Gasteiger partial charge in [-0.2, -0.15) is 5.10 Å². The Hall–Kier alpha value is -2.97. The standard InChI is InChI=1S/C21H25FN4O3/c1-13-4-5-15(17(22)8-13)10-29-16-6-7-26-18(9-16)19(14(2)25-26)20(28)24-21(3,11-23)12-27/h4-9,27H,10-12,23H2,1-3H3,(H,24,28). The van der Waals surface area contributed by atoms with Crippen LogP contribution in [0.4, 0.5) is 4.39 Å². The van der Waals surface area contributed by atoms with Crippen molar-refractivity contribution in [3.05, 3.63) is 64.7 Å². The Bertz CT molecular complexity index is 1040. The van der Waals surface area contributed by atoms with E-state index in [1.807, 2.05) is 13.0 Å². The van der Waals surface area contributed by atoms with Gasteiger partial charge in [0.15, 0.2) is 0 Å². The van der Waals surface area contributed by atoms with E-state index in [1.54, 1.807) is 42.8 Å². The van der Waals surface area contributed by atoms with Gasteiger partial charge in [-0.15, -0.1) is 0 Å². The van der Waals surface area contributed by atoms with Crippen LogP contribution in [-0.4, -0.2) is 39.3 Å². The molecule has 0 saturated carbocycles. The van der Waals surface area contributed by atoms with Crippen molar-refractivity contribution in [1.82, 2.24) is 14.9 Å². The molecule has 3 rings (SSSR count). The van der Waals surface area contributed by atoms with Gasteiger partial charge >= 0.3 is 0 Å². The number of rotatable bonds is 7. The lowest BCUT2D eigenvalue weighted by Gasteiger charge is -2.26. The molecule has 1 atom stereocenters. The van der Waals surface area contributed by atoms with Crippen molar-refractivity contribution < 1.29 is 19.0 Å². The molecule has 0 bridgehead atoms. The molecule has 0 aliphatic heterocycles. The lowest BCUT2D eigenvalue weighted by molar-refractivity contribution is 0.0861. The Kier molecular flexibility index (Phi) is 5.86. The molecule has 0 fully saturated rings. The van der Waals surface area contributed by atoms with E-state index < -0.39 is 5.54 Å². The third-order valence-electron chi connectivity index (χ3n) is 4.83. The van der Waals surface area contributed by atoms with Gasteiger partial charge in [-0.1, -0.05) is 12.1 Å². The van der Waals surface area contributed by atoms with Crippen LogP contribution in [0.3, 0.4) is 0 Å². The number of aryl methyl sites for hydroxylation is 2. The molecular weight excluding hydrogens is 375 g/mol. The number of ether oxygens (including phenoxy) is 1. The monoisotopic (exact) mass is 400 g/mol. The second-order valence-electron chi connectivity index (χ2n) is 7.41. The smallest absolute Gasteiger partial charge is 0.255 e. The zero-order chi connectivity index (χ0) is 21.2. The molecule has 1 aromatic carbocycles. The third kappa shape index (κ3) is 4.38. The van der Waals surface area contributed by atoms with Crippen molar-refractivity contribution in [3.8, 4) is 5.75 Å². The molecule has 1 unspecified atom stereocenters. The van der Waals surface area contributed by atoms with Crippen molar-refractivity contribution in [2.75, 3.05) is 13.2 Å². The number of aliphatic hydroxyl groups excluding tert-OH is 1. The molecule has 29 heavy (non-hydrogen) atoms. The number of pyridine rings is 1. The first-order chi connectivity index (χ1) is 13.8. The second kappa shape index (κ2) is 8.18. The number of aromatic nitrogens is 2. The van der Waals surface area contributed by atoms with Gasteiger partial charge in [-0.3, -0.25) is 4.79 Å². The van der Waals surface area contributed by atoms with E-state index in [-0.39, 0.29) is 31.5 Å². The largest absolute Gasteiger partial charge is 0.489 e. The highest BCUT2D eigenvalue weighted by atomic mass is 19.1. The molecule has 4 N–H and O–H groups in total. The molecule has 7 nitrogen and oxygen atoms in total. The van der Waals surface area contributed by atoms with Crippen molar-refractivity contribution >= 4 is 11.4 Å². The number of halogens is 1. The van der Waals surface area contributed by atoms with Crippen LogP contribution in [0, 0.1) is 19.7 Å². The molecule has 8 heteroatoms. The van der Waals surface area contributed by atoms with Crippen LogP contribution in [-0.2, 0) is 6.61 Å². The lowest BCUT2D eigenvalue weighted by Crippen LogP contribution is -2.54. The van der Waals surface area contributed by atoms with Crippen LogP contribution in [0.2, 0.25) is 0 Å². The molecule has 0 saturated heterocycles. The molecule has 2 aromatic heterocycles. The van der Waals surface area contributed by atoms with E-state index in [1.165, 1.54) is 6.07 Å². The van der Waals surface area contributed by atoms with Crippen LogP contribution in [0.15, 0.2) is 36.5 Å². The molecule has 0 radical (unpaired) electrons. The Balaban J connectivity index is 1.87. The molecule has 3 aromatic rings. The molecule has 0 aliphatic carbocycles. The number of hydrogen-bond acceptors (Lipinski definition) is 5. The minimum absolute atomic E-state index is 0.0622. The van der Waals surface area contributed by atoms with E-state index in [0.717, 1.165) is 5.56 Å². The van der Waals surface area contributed by atoms with Crippen LogP contribution in [0.25, 0.3) is 5.52 Å². The second-order valence-corrected chi connectivity index (χ2v) is 7.41. The maximum atomic E-state index is 14.0. The van der Waals surface area contributed by atoms with Crippen LogP contribution in [0.1, 0.15) is 34.1 Å². The maximum absolute atomic E-state index is 14.0. The number of carbonyl (C=O) groups is 1. The Morgan fingerprint density at radius 1 is 1.34 bits per heavy atom. The van der Waals surface area contributed by atoms with Crippen LogP contribution >= 0.6 is 0 Å². The summed E-state index contributed by atoms with van der Waals surface area (Å²) in [4.78, 5) is 12.8. The molecule has 2 heterocycles. The van der Waals surface area contributed by atoms with Gasteiger partial charge in [-0.25, -0.2) is 8.91 Å². The predicted molar refractivity (Wildman–Crippen MR) is 107 cm³/mol. The van der Waals surface area contributed by atoms with E-state index in [9.17, 15) is 14.3 Å². The summed E-state index contributed by atoms with van der Waals surface area (Å²) in [6, 6.07) is 8.35. The summed E-state index contributed by atoms with van der Waals surface area (Å²) in [6.45, 7) is 5.07. The van der Waals surface area contributed by atoms with Gasteiger partial charge in [-0.05, 0) is 38.5 Å². The van der Waals surface area contributed by atoms with Crippen molar-refractivity contribution in [2.45, 2.75) is 32.9 Å². The van der Waals surface area contributed by atoms with Crippen LogP contribution < -0.4 is 15.8 Å². The number of nitrogens with two attached hydrogens (primary N) is 1. The van der Waals surface area contributed by atoms with Gasteiger partial charge in [0, 0.05) is 24.4 Å². The maximum Gasteiger partial charge on any atom is 0.255 e. The summed E-state index contributed by atoms with van der Waals surface area (Å²) in [7, 11) is 0. The highest BCUT2D eigenvalue weighted by Gasteiger charge is 2.27. The van der Waals surface area contributed by atoms with Crippen LogP contribution in [0.5, 0.6) is 5.75 Å². The summed E-state index contributed by atoms with van der Waals surface area (Å²) >= 11 is 0. The fraction of sp³-hybridized carbons (Fsp3) is 0.333. The summed E-state index contributed by atoms with van der Waals surface area (Å²) in [5.41, 5.74) is 7.45. The first kappa shape index (κ1) is 20.8. The Morgan fingerprint density at radius 2 is 2.10 bits per heavy atom. The quantitative estimate of drug-likeness (QED) is 0.564. The number of fused-ring (bicyclic) bond motifs is 1. The van der Waals surface area contributed by atoms with Gasteiger partial charge in [0.05, 0.1) is 28.9 Å². The SMILES string of the molecule is Cc1ccc(COc2ccn3nc(C)c(C(=O)NC(C)(CN)CO)c3c2)c(F)c1. The van der Waals surface area contributed by atoms with E-state index in [4.69, 9.17) is 10.5 Å². The molecule has 0 spiro atoms. The lowest BCUT2D eigenvalue weighted by atomic mass is 10.0. The average Bonchev–Trinajstić information content (AvgIpc) is 3.02. The molecular formula is C21H25FN4O3. The number of aliphatic hydroxyl groups is 1. The summed E-state index contributed by atoms with van der Waals surface area (Å²) in [5.74, 6) is -0.229. The Labute approximate surface area is 168 Å². The number of carbonyl (C=O) groups excluding carboxylic acids is 1. The summed E-state index contributed by atoms with van der Waals surface area (Å²) in [6.07, 6.45) is 1.67. The molecule has 154 valence electrons. The van der Waals surface area contributed by atoms with Crippen molar-refractivity contribution in [1.29, 1.82) is 0 Å². The minimum atomic E-state index is -0.936. The number of amides is 1. The average molecular weight is 400 g/mol. The number of nitrogens with zero attached hydrogens (tertiary/aromatic N) is 2. The zero-order valence-corrected chi connectivity index (χ0v) is 16.7. The fourth-order valence-corrected chi connectivity index (χ4v) is 2.94. The fourth-order valence-electron chi connectivity index (χ4n) is 2.94.